The van der Waals surface area contributed by atoms with E-state index in [0.717, 1.165) is 16.8 Å². The molecule has 0 aliphatic carbocycles. The average Bonchev–Trinajstić information content (AvgIpc) is 2.96. The van der Waals surface area contributed by atoms with Crippen LogP contribution in [-0.2, 0) is 16.6 Å². The Morgan fingerprint density at radius 3 is 2.77 bits per heavy atom. The number of amides is 1. The molecule has 7 nitrogen and oxygen atoms in total. The Labute approximate surface area is 179 Å². The zero-order chi connectivity index (χ0) is 21.7. The third kappa shape index (κ3) is 4.80. The van der Waals surface area contributed by atoms with Gasteiger partial charge in [0.25, 0.3) is 5.91 Å². The Kier molecular flexibility index (Phi) is 6.74. The summed E-state index contributed by atoms with van der Waals surface area (Å²) in [6.07, 6.45) is 1.49. The summed E-state index contributed by atoms with van der Waals surface area (Å²) in [4.78, 5) is 24.4. The van der Waals surface area contributed by atoms with Gasteiger partial charge in [0, 0.05) is 28.7 Å². The number of carbonyl (C=O) groups is 2. The molecule has 0 saturated heterocycles. The SMILES string of the molecule is CCOC(=O)c1c(C)n(C)c2ccc(OCC(=O)N/N=C/c3cccc(Cl)c3)cc12. The summed E-state index contributed by atoms with van der Waals surface area (Å²) < 4.78 is 12.7. The Morgan fingerprint density at radius 1 is 1.23 bits per heavy atom. The first-order valence-corrected chi connectivity index (χ1v) is 9.75. The molecule has 0 fully saturated rings. The van der Waals surface area contributed by atoms with E-state index in [9.17, 15) is 9.59 Å². The highest BCUT2D eigenvalue weighted by Crippen LogP contribution is 2.29. The van der Waals surface area contributed by atoms with Crippen molar-refractivity contribution in [3.63, 3.8) is 0 Å². The lowest BCUT2D eigenvalue weighted by molar-refractivity contribution is -0.123. The maximum Gasteiger partial charge on any atom is 0.340 e. The maximum absolute atomic E-state index is 12.4. The molecule has 0 unspecified atom stereocenters. The standard InChI is InChI=1S/C22H22ClN3O4/c1-4-29-22(28)21-14(2)26(3)19-9-8-17(11-18(19)21)30-13-20(27)25-24-12-15-6-5-7-16(23)10-15/h5-12H,4,13H2,1-3H3,(H,25,27)/b24-12+. The number of halogens is 1. The van der Waals surface area contributed by atoms with Crippen molar-refractivity contribution >= 4 is 40.6 Å². The fourth-order valence-electron chi connectivity index (χ4n) is 3.05. The van der Waals surface area contributed by atoms with Gasteiger partial charge in [0.05, 0.1) is 18.4 Å². The van der Waals surface area contributed by atoms with Crippen molar-refractivity contribution in [1.29, 1.82) is 0 Å². The first-order valence-electron chi connectivity index (χ1n) is 9.37. The molecule has 0 aliphatic rings. The topological polar surface area (TPSA) is 81.9 Å². The molecule has 0 atom stereocenters. The van der Waals surface area contributed by atoms with Gasteiger partial charge in [0.15, 0.2) is 6.61 Å². The van der Waals surface area contributed by atoms with Crippen LogP contribution in [0.3, 0.4) is 0 Å². The van der Waals surface area contributed by atoms with Crippen LogP contribution in [0.2, 0.25) is 5.02 Å². The molecule has 3 rings (SSSR count). The van der Waals surface area contributed by atoms with Gasteiger partial charge >= 0.3 is 5.97 Å². The average molecular weight is 428 g/mol. The molecule has 0 radical (unpaired) electrons. The van der Waals surface area contributed by atoms with E-state index in [1.807, 2.05) is 30.7 Å². The molecule has 8 heteroatoms. The second-order valence-corrected chi connectivity index (χ2v) is 6.99. The molecule has 0 aliphatic heterocycles. The van der Waals surface area contributed by atoms with E-state index in [-0.39, 0.29) is 12.6 Å². The van der Waals surface area contributed by atoms with Crippen LogP contribution in [0.15, 0.2) is 47.6 Å². The Morgan fingerprint density at radius 2 is 2.03 bits per heavy atom. The first-order chi connectivity index (χ1) is 14.4. The monoisotopic (exact) mass is 427 g/mol. The van der Waals surface area contributed by atoms with Crippen LogP contribution in [0.4, 0.5) is 0 Å². The van der Waals surface area contributed by atoms with Crippen molar-refractivity contribution in [3.8, 4) is 5.75 Å². The molecule has 2 aromatic carbocycles. The summed E-state index contributed by atoms with van der Waals surface area (Å²) in [5.74, 6) is -0.332. The highest BCUT2D eigenvalue weighted by Gasteiger charge is 2.20. The molecule has 0 bridgehead atoms. The van der Waals surface area contributed by atoms with Crippen molar-refractivity contribution in [2.75, 3.05) is 13.2 Å². The number of ether oxygens (including phenoxy) is 2. The number of rotatable bonds is 7. The number of hydrazone groups is 1. The van der Waals surface area contributed by atoms with Gasteiger partial charge in [0.2, 0.25) is 0 Å². The number of hydrogen-bond donors (Lipinski definition) is 1. The van der Waals surface area contributed by atoms with Gasteiger partial charge in [-0.2, -0.15) is 5.10 Å². The van der Waals surface area contributed by atoms with E-state index in [1.165, 1.54) is 6.21 Å². The molecule has 0 saturated carbocycles. The van der Waals surface area contributed by atoms with Crippen molar-refractivity contribution in [2.45, 2.75) is 13.8 Å². The third-order valence-electron chi connectivity index (χ3n) is 4.56. The fraction of sp³-hybridized carbons (Fsp3) is 0.227. The van der Waals surface area contributed by atoms with Gasteiger partial charge in [-0.25, -0.2) is 10.2 Å². The van der Waals surface area contributed by atoms with Gasteiger partial charge in [-0.15, -0.1) is 0 Å². The number of aryl methyl sites for hydroxylation is 1. The van der Waals surface area contributed by atoms with Crippen LogP contribution in [0.1, 0.15) is 28.5 Å². The molecule has 30 heavy (non-hydrogen) atoms. The summed E-state index contributed by atoms with van der Waals surface area (Å²) in [5.41, 5.74) is 5.33. The lowest BCUT2D eigenvalue weighted by atomic mass is 10.1. The molecule has 3 aromatic rings. The zero-order valence-corrected chi connectivity index (χ0v) is 17.7. The van der Waals surface area contributed by atoms with Crippen LogP contribution in [-0.4, -0.2) is 35.9 Å². The molecule has 1 N–H and O–H groups in total. The molecular formula is C22H22ClN3O4. The highest BCUT2D eigenvalue weighted by molar-refractivity contribution is 6.30. The molecule has 0 spiro atoms. The number of carbonyl (C=O) groups excluding carboxylic acids is 2. The quantitative estimate of drug-likeness (QED) is 0.353. The Hall–Kier alpha value is -3.32. The molecule has 1 amide bonds. The van der Waals surface area contributed by atoms with E-state index in [0.29, 0.717) is 28.3 Å². The second-order valence-electron chi connectivity index (χ2n) is 6.56. The van der Waals surface area contributed by atoms with Gasteiger partial charge in [-0.3, -0.25) is 4.79 Å². The van der Waals surface area contributed by atoms with E-state index in [1.54, 1.807) is 37.3 Å². The predicted molar refractivity (Wildman–Crippen MR) is 116 cm³/mol. The fourth-order valence-corrected chi connectivity index (χ4v) is 3.25. The first kappa shape index (κ1) is 21.4. The predicted octanol–water partition coefficient (Wildman–Crippen LogP) is 3.85. The minimum atomic E-state index is -0.414. The molecule has 1 heterocycles. The summed E-state index contributed by atoms with van der Waals surface area (Å²) in [6, 6.07) is 12.4. The van der Waals surface area contributed by atoms with Crippen molar-refractivity contribution in [2.24, 2.45) is 12.1 Å². The maximum atomic E-state index is 12.4. The molecule has 156 valence electrons. The number of hydrogen-bond acceptors (Lipinski definition) is 5. The minimum Gasteiger partial charge on any atom is -0.484 e. The normalized spacial score (nSPS) is 11.1. The number of esters is 1. The Bertz CT molecular complexity index is 1120. The lowest BCUT2D eigenvalue weighted by Crippen LogP contribution is -2.24. The molecule has 1 aromatic heterocycles. The number of nitrogens with one attached hydrogen (secondary N) is 1. The summed E-state index contributed by atoms with van der Waals surface area (Å²) in [7, 11) is 1.88. The van der Waals surface area contributed by atoms with E-state index in [2.05, 4.69) is 10.5 Å². The van der Waals surface area contributed by atoms with Gasteiger partial charge < -0.3 is 14.0 Å². The smallest absolute Gasteiger partial charge is 0.340 e. The van der Waals surface area contributed by atoms with E-state index >= 15 is 0 Å². The van der Waals surface area contributed by atoms with Crippen LogP contribution in [0, 0.1) is 6.92 Å². The number of benzene rings is 2. The Balaban J connectivity index is 1.68. The number of fused-ring (bicyclic) bond motifs is 1. The van der Waals surface area contributed by atoms with Crippen LogP contribution >= 0.6 is 11.6 Å². The zero-order valence-electron chi connectivity index (χ0n) is 16.9. The van der Waals surface area contributed by atoms with Gasteiger partial charge in [0.1, 0.15) is 5.75 Å². The van der Waals surface area contributed by atoms with Gasteiger partial charge in [-0.05, 0) is 49.7 Å². The minimum absolute atomic E-state index is 0.223. The summed E-state index contributed by atoms with van der Waals surface area (Å²) in [6.45, 7) is 3.69. The summed E-state index contributed by atoms with van der Waals surface area (Å²) in [5, 5.41) is 5.19. The van der Waals surface area contributed by atoms with Crippen LogP contribution in [0.25, 0.3) is 10.9 Å². The van der Waals surface area contributed by atoms with E-state index < -0.39 is 5.91 Å². The second kappa shape index (κ2) is 9.45. The van der Waals surface area contributed by atoms with Crippen molar-refractivity contribution in [1.82, 2.24) is 9.99 Å². The highest BCUT2D eigenvalue weighted by atomic mass is 35.5. The third-order valence-corrected chi connectivity index (χ3v) is 4.80. The van der Waals surface area contributed by atoms with Crippen LogP contribution in [0.5, 0.6) is 5.75 Å². The van der Waals surface area contributed by atoms with E-state index in [4.69, 9.17) is 21.1 Å². The number of nitrogens with zero attached hydrogens (tertiary/aromatic N) is 2. The largest absolute Gasteiger partial charge is 0.484 e. The van der Waals surface area contributed by atoms with Gasteiger partial charge in [-0.1, -0.05) is 23.7 Å². The van der Waals surface area contributed by atoms with Crippen molar-refractivity contribution < 1.29 is 19.1 Å². The molecular weight excluding hydrogens is 406 g/mol. The number of aromatic nitrogens is 1. The van der Waals surface area contributed by atoms with Crippen molar-refractivity contribution in [3.05, 3.63) is 64.3 Å². The summed E-state index contributed by atoms with van der Waals surface area (Å²) >= 11 is 5.91. The lowest BCUT2D eigenvalue weighted by Gasteiger charge is -2.06. The van der Waals surface area contributed by atoms with Crippen LogP contribution < -0.4 is 10.2 Å².